The van der Waals surface area contributed by atoms with Crippen molar-refractivity contribution in [3.63, 3.8) is 0 Å². The highest BCUT2D eigenvalue weighted by molar-refractivity contribution is 6.31. The van der Waals surface area contributed by atoms with Gasteiger partial charge in [0.1, 0.15) is 0 Å². The standard InChI is InChI=1S/C25H20ClN3O3/c1-2-23(30)27-20-11-6-17(7-12-20)25(32)28-21-9-3-16(4-10-21)15-29-22-14-19(26)8-5-18(22)13-24(29)31/h2-12,14H,1,13,15H2,(H,27,30)(H,28,32). The Labute approximate surface area is 190 Å². The third-order valence-corrected chi connectivity index (χ3v) is 5.37. The summed E-state index contributed by atoms with van der Waals surface area (Å²) in [5.41, 5.74) is 4.42. The van der Waals surface area contributed by atoms with Gasteiger partial charge in [-0.15, -0.1) is 0 Å². The van der Waals surface area contributed by atoms with E-state index in [1.165, 1.54) is 6.08 Å². The van der Waals surface area contributed by atoms with Gasteiger partial charge >= 0.3 is 0 Å². The van der Waals surface area contributed by atoms with Crippen molar-refractivity contribution in [1.29, 1.82) is 0 Å². The van der Waals surface area contributed by atoms with Gasteiger partial charge in [-0.05, 0) is 65.7 Å². The van der Waals surface area contributed by atoms with E-state index >= 15 is 0 Å². The number of hydrogen-bond acceptors (Lipinski definition) is 3. The molecule has 0 aliphatic carbocycles. The number of hydrogen-bond donors (Lipinski definition) is 2. The summed E-state index contributed by atoms with van der Waals surface area (Å²) in [5.74, 6) is -0.547. The molecule has 0 aromatic heterocycles. The van der Waals surface area contributed by atoms with E-state index in [0.717, 1.165) is 16.8 Å². The Balaban J connectivity index is 1.40. The summed E-state index contributed by atoms with van der Waals surface area (Å²) in [6.45, 7) is 3.83. The van der Waals surface area contributed by atoms with Crippen molar-refractivity contribution in [2.75, 3.05) is 15.5 Å². The van der Waals surface area contributed by atoms with E-state index < -0.39 is 0 Å². The minimum Gasteiger partial charge on any atom is -0.323 e. The Hall–Kier alpha value is -3.90. The van der Waals surface area contributed by atoms with Crippen molar-refractivity contribution in [3.8, 4) is 0 Å². The van der Waals surface area contributed by atoms with Crippen LogP contribution >= 0.6 is 11.6 Å². The van der Waals surface area contributed by atoms with E-state index in [-0.39, 0.29) is 17.7 Å². The summed E-state index contributed by atoms with van der Waals surface area (Å²) in [4.78, 5) is 38.0. The van der Waals surface area contributed by atoms with Gasteiger partial charge in [0.15, 0.2) is 0 Å². The molecule has 160 valence electrons. The fourth-order valence-corrected chi connectivity index (χ4v) is 3.65. The van der Waals surface area contributed by atoms with Crippen LogP contribution in [0.1, 0.15) is 21.5 Å². The molecule has 0 spiro atoms. The molecule has 6 nitrogen and oxygen atoms in total. The van der Waals surface area contributed by atoms with Crippen LogP contribution in [0.2, 0.25) is 5.02 Å². The predicted octanol–water partition coefficient (Wildman–Crippen LogP) is 4.81. The zero-order chi connectivity index (χ0) is 22.7. The fourth-order valence-electron chi connectivity index (χ4n) is 3.48. The van der Waals surface area contributed by atoms with E-state index in [9.17, 15) is 14.4 Å². The monoisotopic (exact) mass is 445 g/mol. The maximum absolute atomic E-state index is 12.5. The smallest absolute Gasteiger partial charge is 0.255 e. The number of carbonyl (C=O) groups excluding carboxylic acids is 3. The Morgan fingerprint density at radius 3 is 2.31 bits per heavy atom. The molecule has 3 aromatic rings. The number of rotatable bonds is 6. The molecule has 1 heterocycles. The normalized spacial score (nSPS) is 12.3. The number of halogens is 1. The van der Waals surface area contributed by atoms with Crippen LogP contribution in [0.25, 0.3) is 0 Å². The van der Waals surface area contributed by atoms with Crippen LogP contribution in [-0.4, -0.2) is 17.7 Å². The maximum atomic E-state index is 12.5. The molecule has 7 heteroatoms. The average Bonchev–Trinajstić information content (AvgIpc) is 3.09. The first kappa shape index (κ1) is 21.3. The van der Waals surface area contributed by atoms with Gasteiger partial charge in [-0.2, -0.15) is 0 Å². The zero-order valence-electron chi connectivity index (χ0n) is 17.1. The largest absolute Gasteiger partial charge is 0.323 e. The Morgan fingerprint density at radius 1 is 0.969 bits per heavy atom. The average molecular weight is 446 g/mol. The molecule has 0 saturated carbocycles. The number of anilines is 3. The van der Waals surface area contributed by atoms with Gasteiger partial charge in [0.05, 0.1) is 13.0 Å². The van der Waals surface area contributed by atoms with E-state index in [1.807, 2.05) is 24.3 Å². The Morgan fingerprint density at radius 2 is 1.62 bits per heavy atom. The fraction of sp³-hybridized carbons (Fsp3) is 0.0800. The van der Waals surface area contributed by atoms with E-state index in [2.05, 4.69) is 17.2 Å². The van der Waals surface area contributed by atoms with Gasteiger partial charge in [0.2, 0.25) is 11.8 Å². The lowest BCUT2D eigenvalue weighted by molar-refractivity contribution is -0.117. The van der Waals surface area contributed by atoms with Gasteiger partial charge in [0, 0.05) is 27.6 Å². The van der Waals surface area contributed by atoms with Crippen LogP contribution in [0.15, 0.2) is 79.4 Å². The maximum Gasteiger partial charge on any atom is 0.255 e. The molecule has 0 fully saturated rings. The van der Waals surface area contributed by atoms with Crippen molar-refractivity contribution < 1.29 is 14.4 Å². The molecule has 0 saturated heterocycles. The SMILES string of the molecule is C=CC(=O)Nc1ccc(C(=O)Nc2ccc(CN3C(=O)Cc4ccc(Cl)cc43)cc2)cc1. The lowest BCUT2D eigenvalue weighted by atomic mass is 10.1. The second-order valence-corrected chi connectivity index (χ2v) is 7.79. The third kappa shape index (κ3) is 4.71. The van der Waals surface area contributed by atoms with E-state index in [4.69, 9.17) is 11.6 Å². The molecule has 0 unspecified atom stereocenters. The summed E-state index contributed by atoms with van der Waals surface area (Å²) in [6.07, 6.45) is 1.55. The number of nitrogens with one attached hydrogen (secondary N) is 2. The lowest BCUT2D eigenvalue weighted by Gasteiger charge is -2.18. The van der Waals surface area contributed by atoms with Crippen LogP contribution < -0.4 is 15.5 Å². The van der Waals surface area contributed by atoms with Crippen LogP contribution in [-0.2, 0) is 22.6 Å². The van der Waals surface area contributed by atoms with Crippen LogP contribution in [0, 0.1) is 0 Å². The Bertz CT molecular complexity index is 1200. The molecule has 2 N–H and O–H groups in total. The zero-order valence-corrected chi connectivity index (χ0v) is 17.9. The van der Waals surface area contributed by atoms with Crippen LogP contribution in [0.3, 0.4) is 0 Å². The highest BCUT2D eigenvalue weighted by Gasteiger charge is 2.27. The van der Waals surface area contributed by atoms with Crippen molar-refractivity contribution in [1.82, 2.24) is 0 Å². The lowest BCUT2D eigenvalue weighted by Crippen LogP contribution is -2.26. The number of benzene rings is 3. The summed E-state index contributed by atoms with van der Waals surface area (Å²) < 4.78 is 0. The molecule has 1 aliphatic heterocycles. The highest BCUT2D eigenvalue weighted by Crippen LogP contribution is 2.32. The third-order valence-electron chi connectivity index (χ3n) is 5.13. The number of fused-ring (bicyclic) bond motifs is 1. The number of carbonyl (C=O) groups is 3. The van der Waals surface area contributed by atoms with Crippen LogP contribution in [0.4, 0.5) is 17.1 Å². The molecule has 0 radical (unpaired) electrons. The van der Waals surface area contributed by atoms with Crippen molar-refractivity contribution in [2.24, 2.45) is 0 Å². The van der Waals surface area contributed by atoms with Gasteiger partial charge in [-0.1, -0.05) is 36.4 Å². The minimum atomic E-state index is -0.315. The van der Waals surface area contributed by atoms with Crippen LogP contribution in [0.5, 0.6) is 0 Å². The van der Waals surface area contributed by atoms with Crippen molar-refractivity contribution in [3.05, 3.63) is 101 Å². The number of amides is 3. The summed E-state index contributed by atoms with van der Waals surface area (Å²) in [6, 6.07) is 19.4. The van der Waals surface area contributed by atoms with Crippen molar-refractivity contribution in [2.45, 2.75) is 13.0 Å². The predicted molar refractivity (Wildman–Crippen MR) is 126 cm³/mol. The van der Waals surface area contributed by atoms with Crippen molar-refractivity contribution >= 4 is 46.4 Å². The summed E-state index contributed by atoms with van der Waals surface area (Å²) in [7, 11) is 0. The van der Waals surface area contributed by atoms with Gasteiger partial charge in [-0.25, -0.2) is 0 Å². The molecule has 32 heavy (non-hydrogen) atoms. The quantitative estimate of drug-likeness (QED) is 0.534. The van der Waals surface area contributed by atoms with Gasteiger partial charge in [-0.3, -0.25) is 14.4 Å². The second-order valence-electron chi connectivity index (χ2n) is 7.35. The van der Waals surface area contributed by atoms with E-state index in [0.29, 0.717) is 34.9 Å². The Kier molecular flexibility index (Phi) is 6.05. The second kappa shape index (κ2) is 9.08. The molecule has 0 atom stereocenters. The molecule has 1 aliphatic rings. The first-order chi connectivity index (χ1) is 15.4. The number of nitrogens with zero attached hydrogens (tertiary/aromatic N) is 1. The molecular weight excluding hydrogens is 426 g/mol. The topological polar surface area (TPSA) is 78.5 Å². The first-order valence-corrected chi connectivity index (χ1v) is 10.3. The van der Waals surface area contributed by atoms with E-state index in [1.54, 1.807) is 47.4 Å². The summed E-state index contributed by atoms with van der Waals surface area (Å²) >= 11 is 6.10. The highest BCUT2D eigenvalue weighted by atomic mass is 35.5. The first-order valence-electron chi connectivity index (χ1n) is 9.95. The molecular formula is C25H20ClN3O3. The summed E-state index contributed by atoms with van der Waals surface area (Å²) in [5, 5.41) is 6.07. The van der Waals surface area contributed by atoms with Gasteiger partial charge in [0.25, 0.3) is 5.91 Å². The molecule has 4 rings (SSSR count). The minimum absolute atomic E-state index is 0.0346. The molecule has 3 amide bonds. The molecule has 0 bridgehead atoms. The van der Waals surface area contributed by atoms with Gasteiger partial charge < -0.3 is 15.5 Å². The molecule has 3 aromatic carbocycles.